The van der Waals surface area contributed by atoms with E-state index >= 15 is 0 Å². The molecule has 1 aliphatic carbocycles. The van der Waals surface area contributed by atoms with Gasteiger partial charge >= 0.3 is 0 Å². The molecule has 0 radical (unpaired) electrons. The van der Waals surface area contributed by atoms with E-state index in [-0.39, 0.29) is 11.6 Å². The van der Waals surface area contributed by atoms with Crippen LogP contribution in [0.3, 0.4) is 0 Å². The second-order valence-electron chi connectivity index (χ2n) is 8.55. The number of hydrogen-bond acceptors (Lipinski definition) is 4. The summed E-state index contributed by atoms with van der Waals surface area (Å²) in [4.78, 5) is 2.36. The molecule has 1 aromatic heterocycles. The second-order valence-corrected chi connectivity index (χ2v) is 8.95. The van der Waals surface area contributed by atoms with Gasteiger partial charge in [0, 0.05) is 36.8 Å². The van der Waals surface area contributed by atoms with E-state index in [0.717, 1.165) is 31.5 Å². The van der Waals surface area contributed by atoms with E-state index in [9.17, 15) is 8.78 Å². The van der Waals surface area contributed by atoms with Crippen molar-refractivity contribution in [3.05, 3.63) is 76.8 Å². The van der Waals surface area contributed by atoms with Gasteiger partial charge in [0.05, 0.1) is 10.7 Å². The molecule has 0 spiro atoms. The van der Waals surface area contributed by atoms with Crippen molar-refractivity contribution in [3.8, 4) is 11.3 Å². The molecule has 1 aliphatic heterocycles. The molecule has 2 fully saturated rings. The first-order chi connectivity index (χ1) is 15.0. The van der Waals surface area contributed by atoms with Gasteiger partial charge in [-0.2, -0.15) is 0 Å². The number of hydrogen-bond donors (Lipinski definition) is 1. The van der Waals surface area contributed by atoms with E-state index in [1.165, 1.54) is 24.3 Å². The second kappa shape index (κ2) is 8.52. The van der Waals surface area contributed by atoms with Crippen LogP contribution in [0.1, 0.15) is 18.4 Å². The van der Waals surface area contributed by atoms with Gasteiger partial charge in [-0.3, -0.25) is 4.90 Å². The fourth-order valence-corrected chi connectivity index (χ4v) is 5.18. The lowest BCUT2D eigenvalue weighted by Gasteiger charge is -2.20. The van der Waals surface area contributed by atoms with Crippen LogP contribution in [0.5, 0.6) is 0 Å². The standard InChI is InChI=1S/C24H23ClF2N4/c25-21-6-5-18(26)11-20(21)23-7-8-24(30-29-23)28-19-9-16-13-31(14-17(16)10-19)12-15-3-1-2-4-22(15)27/h1-8,11,16-17,19H,9-10,12-14H2,(H,28,30)/t16-,17+,19-. The van der Waals surface area contributed by atoms with Crippen LogP contribution in [0.15, 0.2) is 54.6 Å². The number of fused-ring (bicyclic) bond motifs is 1. The number of rotatable bonds is 5. The Balaban J connectivity index is 1.17. The summed E-state index contributed by atoms with van der Waals surface area (Å²) in [6, 6.07) is 15.3. The van der Waals surface area contributed by atoms with Gasteiger partial charge in [0.1, 0.15) is 17.5 Å². The van der Waals surface area contributed by atoms with E-state index in [1.807, 2.05) is 24.3 Å². The van der Waals surface area contributed by atoms with Crippen molar-refractivity contribution in [1.29, 1.82) is 0 Å². The molecule has 1 saturated heterocycles. The summed E-state index contributed by atoms with van der Waals surface area (Å²) in [7, 11) is 0. The zero-order chi connectivity index (χ0) is 21.4. The summed E-state index contributed by atoms with van der Waals surface area (Å²) in [6.45, 7) is 2.67. The molecule has 31 heavy (non-hydrogen) atoms. The predicted molar refractivity (Wildman–Crippen MR) is 118 cm³/mol. The van der Waals surface area contributed by atoms with Crippen LogP contribution in [0.25, 0.3) is 11.3 Å². The number of nitrogens with zero attached hydrogens (tertiary/aromatic N) is 3. The number of halogens is 3. The van der Waals surface area contributed by atoms with E-state index < -0.39 is 0 Å². The molecule has 7 heteroatoms. The van der Waals surface area contributed by atoms with Crippen LogP contribution >= 0.6 is 11.6 Å². The quantitative estimate of drug-likeness (QED) is 0.577. The molecule has 160 valence electrons. The average molecular weight is 441 g/mol. The van der Waals surface area contributed by atoms with Gasteiger partial charge in [-0.1, -0.05) is 29.8 Å². The van der Waals surface area contributed by atoms with E-state index in [2.05, 4.69) is 20.4 Å². The molecule has 0 bridgehead atoms. The number of nitrogens with one attached hydrogen (secondary N) is 1. The molecule has 3 atom stereocenters. The molecule has 2 aliphatic rings. The minimum absolute atomic E-state index is 0.124. The van der Waals surface area contributed by atoms with Crippen LogP contribution in [0.4, 0.5) is 14.6 Å². The predicted octanol–water partition coefficient (Wildman–Crippen LogP) is 5.40. The summed E-state index contributed by atoms with van der Waals surface area (Å²) >= 11 is 6.16. The summed E-state index contributed by atoms with van der Waals surface area (Å²) in [5, 5.41) is 12.4. The first kappa shape index (κ1) is 20.3. The lowest BCUT2D eigenvalue weighted by molar-refractivity contribution is 0.296. The van der Waals surface area contributed by atoms with Gasteiger partial charge in [-0.15, -0.1) is 10.2 Å². The number of aromatic nitrogens is 2. The highest BCUT2D eigenvalue weighted by Crippen LogP contribution is 2.39. The SMILES string of the molecule is Fc1ccc(Cl)c(-c2ccc(N[C@@H]3C[C@@H]4CN(Cc5ccccc5F)C[C@@H]4C3)nn2)c1. The Hall–Kier alpha value is -2.57. The molecule has 1 saturated carbocycles. The van der Waals surface area contributed by atoms with Crippen molar-refractivity contribution in [2.75, 3.05) is 18.4 Å². The van der Waals surface area contributed by atoms with E-state index in [0.29, 0.717) is 46.5 Å². The molecule has 2 heterocycles. The lowest BCUT2D eigenvalue weighted by atomic mass is 10.0. The maximum absolute atomic E-state index is 13.9. The summed E-state index contributed by atoms with van der Waals surface area (Å²) in [5.74, 6) is 1.46. The summed E-state index contributed by atoms with van der Waals surface area (Å²) in [6.07, 6.45) is 2.13. The molecule has 2 aromatic carbocycles. The van der Waals surface area contributed by atoms with Crippen LogP contribution in [-0.4, -0.2) is 34.2 Å². The molecule has 5 rings (SSSR count). The molecule has 4 nitrogen and oxygen atoms in total. The average Bonchev–Trinajstić information content (AvgIpc) is 3.30. The van der Waals surface area contributed by atoms with Crippen molar-refractivity contribution in [2.24, 2.45) is 11.8 Å². The summed E-state index contributed by atoms with van der Waals surface area (Å²) < 4.78 is 27.5. The van der Waals surface area contributed by atoms with Crippen LogP contribution in [-0.2, 0) is 6.54 Å². The van der Waals surface area contributed by atoms with Gasteiger partial charge in [-0.25, -0.2) is 8.78 Å². The third kappa shape index (κ3) is 4.41. The van der Waals surface area contributed by atoms with Crippen LogP contribution in [0.2, 0.25) is 5.02 Å². The summed E-state index contributed by atoms with van der Waals surface area (Å²) in [5.41, 5.74) is 1.85. The minimum Gasteiger partial charge on any atom is -0.366 e. The Kier molecular flexibility index (Phi) is 5.59. The monoisotopic (exact) mass is 440 g/mol. The highest BCUT2D eigenvalue weighted by atomic mass is 35.5. The molecule has 0 amide bonds. The highest BCUT2D eigenvalue weighted by Gasteiger charge is 2.40. The van der Waals surface area contributed by atoms with Gasteiger partial charge < -0.3 is 5.32 Å². The largest absolute Gasteiger partial charge is 0.366 e. The maximum Gasteiger partial charge on any atom is 0.148 e. The number of anilines is 1. The fourth-order valence-electron chi connectivity index (χ4n) is 4.97. The van der Waals surface area contributed by atoms with Crippen molar-refractivity contribution >= 4 is 17.4 Å². The van der Waals surface area contributed by atoms with Gasteiger partial charge in [0.2, 0.25) is 0 Å². The lowest BCUT2D eigenvalue weighted by Crippen LogP contribution is -2.25. The topological polar surface area (TPSA) is 41.0 Å². The molecule has 0 unspecified atom stereocenters. The number of benzene rings is 2. The zero-order valence-electron chi connectivity index (χ0n) is 16.9. The Morgan fingerprint density at radius 1 is 0.968 bits per heavy atom. The van der Waals surface area contributed by atoms with Gasteiger partial charge in [0.15, 0.2) is 0 Å². The van der Waals surface area contributed by atoms with E-state index in [1.54, 1.807) is 6.07 Å². The van der Waals surface area contributed by atoms with Gasteiger partial charge in [-0.05, 0) is 61.1 Å². The fraction of sp³-hybridized carbons (Fsp3) is 0.333. The highest BCUT2D eigenvalue weighted by molar-refractivity contribution is 6.33. The first-order valence-electron chi connectivity index (χ1n) is 10.6. The van der Waals surface area contributed by atoms with Crippen molar-refractivity contribution in [1.82, 2.24) is 15.1 Å². The molecular formula is C24H23ClF2N4. The van der Waals surface area contributed by atoms with Crippen LogP contribution in [0, 0.1) is 23.5 Å². The molecule has 3 aromatic rings. The van der Waals surface area contributed by atoms with Crippen LogP contribution < -0.4 is 5.32 Å². The normalized spacial score (nSPS) is 23.1. The minimum atomic E-state index is -0.357. The van der Waals surface area contributed by atoms with Crippen molar-refractivity contribution < 1.29 is 8.78 Å². The maximum atomic E-state index is 13.9. The molecular weight excluding hydrogens is 418 g/mol. The third-order valence-electron chi connectivity index (χ3n) is 6.40. The smallest absolute Gasteiger partial charge is 0.148 e. The Morgan fingerprint density at radius 2 is 1.74 bits per heavy atom. The Bertz CT molecular complexity index is 1060. The Labute approximate surface area is 185 Å². The first-order valence-corrected chi connectivity index (χ1v) is 10.9. The van der Waals surface area contributed by atoms with Gasteiger partial charge in [0.25, 0.3) is 0 Å². The Morgan fingerprint density at radius 3 is 2.45 bits per heavy atom. The van der Waals surface area contributed by atoms with Crippen molar-refractivity contribution in [3.63, 3.8) is 0 Å². The van der Waals surface area contributed by atoms with Crippen molar-refractivity contribution in [2.45, 2.75) is 25.4 Å². The molecule has 1 N–H and O–H groups in total. The number of likely N-dealkylation sites (tertiary alicyclic amines) is 1. The zero-order valence-corrected chi connectivity index (χ0v) is 17.7. The van der Waals surface area contributed by atoms with E-state index in [4.69, 9.17) is 11.6 Å². The third-order valence-corrected chi connectivity index (χ3v) is 6.73.